The fraction of sp³-hybridized carbons (Fsp3) is 0.176. The molecule has 5 rings (SSSR count). The first-order chi connectivity index (χ1) is 21.1. The minimum Gasteiger partial charge on any atom is -0.433 e. The molecule has 0 aromatic heterocycles. The minimum atomic E-state index is -3.99. The fourth-order valence-electron chi connectivity index (χ4n) is 5.29. The van der Waals surface area contributed by atoms with Crippen molar-refractivity contribution in [2.75, 3.05) is 6.26 Å². The van der Waals surface area contributed by atoms with Crippen molar-refractivity contribution in [3.8, 4) is 17.6 Å². The molecule has 1 unspecified atom stereocenters. The molecule has 0 bridgehead atoms. The molecule has 1 heterocycles. The van der Waals surface area contributed by atoms with Gasteiger partial charge in [0.25, 0.3) is 5.91 Å². The molecule has 0 radical (unpaired) electrons. The van der Waals surface area contributed by atoms with E-state index in [4.69, 9.17) is 4.74 Å². The van der Waals surface area contributed by atoms with E-state index in [9.17, 15) is 26.8 Å². The SMILES string of the molecule is CS(=O)(=O)NC(=O)C1Cc2c(ccc(OC(F)F)c2C#Cc2ccccc2)CN1C(=O)C(c1ccccc1)c1ccccc1. The van der Waals surface area contributed by atoms with Crippen LogP contribution in [-0.2, 0) is 32.6 Å². The number of nitrogens with one attached hydrogen (secondary N) is 1. The number of ether oxygens (including phenoxy) is 1. The van der Waals surface area contributed by atoms with E-state index in [1.807, 2.05) is 47.2 Å². The molecule has 0 fully saturated rings. The van der Waals surface area contributed by atoms with Gasteiger partial charge in [0.2, 0.25) is 15.9 Å². The van der Waals surface area contributed by atoms with E-state index in [1.165, 1.54) is 11.0 Å². The highest BCUT2D eigenvalue weighted by molar-refractivity contribution is 7.89. The van der Waals surface area contributed by atoms with E-state index in [2.05, 4.69) is 11.8 Å². The maximum absolute atomic E-state index is 14.4. The third kappa shape index (κ3) is 7.13. The number of halogens is 2. The summed E-state index contributed by atoms with van der Waals surface area (Å²) >= 11 is 0. The van der Waals surface area contributed by atoms with Crippen LogP contribution in [0.3, 0.4) is 0 Å². The number of benzene rings is 4. The number of hydrogen-bond donors (Lipinski definition) is 1. The van der Waals surface area contributed by atoms with Crippen molar-refractivity contribution in [1.82, 2.24) is 9.62 Å². The summed E-state index contributed by atoms with van der Waals surface area (Å²) in [6.07, 6.45) is 0.661. The summed E-state index contributed by atoms with van der Waals surface area (Å²) in [6, 6.07) is 28.6. The largest absolute Gasteiger partial charge is 0.433 e. The molecule has 0 saturated heterocycles. The molecule has 10 heteroatoms. The van der Waals surface area contributed by atoms with Gasteiger partial charge < -0.3 is 9.64 Å². The summed E-state index contributed by atoms with van der Waals surface area (Å²) in [6.45, 7) is -3.23. The number of carbonyl (C=O) groups is 2. The summed E-state index contributed by atoms with van der Waals surface area (Å²) in [5.74, 6) is 3.55. The van der Waals surface area contributed by atoms with E-state index >= 15 is 0 Å². The Morgan fingerprint density at radius 2 is 1.43 bits per heavy atom. The molecule has 1 aliphatic rings. The highest BCUT2D eigenvalue weighted by Crippen LogP contribution is 2.36. The second kappa shape index (κ2) is 13.1. The fourth-order valence-corrected chi connectivity index (χ4v) is 5.79. The quantitative estimate of drug-likeness (QED) is 0.301. The Hall–Kier alpha value is -5.01. The summed E-state index contributed by atoms with van der Waals surface area (Å²) in [5, 5.41) is 0. The van der Waals surface area contributed by atoms with Gasteiger partial charge >= 0.3 is 6.61 Å². The van der Waals surface area contributed by atoms with E-state index in [0.717, 1.165) is 6.26 Å². The van der Waals surface area contributed by atoms with Crippen molar-refractivity contribution in [3.05, 3.63) is 137 Å². The lowest BCUT2D eigenvalue weighted by molar-refractivity contribution is -0.141. The predicted molar refractivity (Wildman–Crippen MR) is 161 cm³/mol. The first kappa shape index (κ1) is 30.4. The lowest BCUT2D eigenvalue weighted by atomic mass is 9.85. The number of rotatable bonds is 7. The van der Waals surface area contributed by atoms with Gasteiger partial charge in [0, 0.05) is 18.5 Å². The standard InChI is InChI=1S/C34H28F2N2O5S/c1-44(41,42)37-32(39)29-21-28-26(18-20-30(43-34(35)36)27(28)19-17-23-11-5-2-6-12-23)22-38(29)33(40)31(24-13-7-3-8-14-24)25-15-9-4-10-16-25/h2-16,18,20,29,31,34H,21-22H2,1H3,(H,37,39). The van der Waals surface area contributed by atoms with E-state index in [-0.39, 0.29) is 24.3 Å². The van der Waals surface area contributed by atoms with Gasteiger partial charge in [-0.3, -0.25) is 14.3 Å². The van der Waals surface area contributed by atoms with Crippen molar-refractivity contribution in [2.24, 2.45) is 0 Å². The summed E-state index contributed by atoms with van der Waals surface area (Å²) < 4.78 is 57.9. The van der Waals surface area contributed by atoms with Crippen LogP contribution in [0.2, 0.25) is 0 Å². The van der Waals surface area contributed by atoms with E-state index in [0.29, 0.717) is 27.8 Å². The molecule has 0 aliphatic carbocycles. The Bertz CT molecular complexity index is 1780. The zero-order chi connectivity index (χ0) is 31.3. The molecule has 1 aliphatic heterocycles. The maximum Gasteiger partial charge on any atom is 0.387 e. The Balaban J connectivity index is 1.64. The van der Waals surface area contributed by atoms with Crippen LogP contribution in [0.4, 0.5) is 8.78 Å². The average molecular weight is 615 g/mol. The molecular formula is C34H28F2N2O5S. The highest BCUT2D eigenvalue weighted by Gasteiger charge is 2.40. The molecule has 1 atom stereocenters. The number of nitrogens with zero attached hydrogens (tertiary/aromatic N) is 1. The molecule has 2 amide bonds. The lowest BCUT2D eigenvalue weighted by Crippen LogP contribution is -2.54. The van der Waals surface area contributed by atoms with Crippen LogP contribution in [0.15, 0.2) is 103 Å². The number of alkyl halides is 2. The molecule has 44 heavy (non-hydrogen) atoms. The van der Waals surface area contributed by atoms with Gasteiger partial charge in [-0.2, -0.15) is 8.78 Å². The third-order valence-electron chi connectivity index (χ3n) is 7.19. The molecule has 7 nitrogen and oxygen atoms in total. The van der Waals surface area contributed by atoms with Crippen molar-refractivity contribution in [3.63, 3.8) is 0 Å². The summed E-state index contributed by atoms with van der Waals surface area (Å²) in [4.78, 5) is 29.3. The average Bonchev–Trinajstić information content (AvgIpc) is 3.00. The summed E-state index contributed by atoms with van der Waals surface area (Å²) in [5.41, 5.74) is 3.12. The lowest BCUT2D eigenvalue weighted by Gasteiger charge is -2.38. The summed E-state index contributed by atoms with van der Waals surface area (Å²) in [7, 11) is -3.99. The maximum atomic E-state index is 14.4. The minimum absolute atomic E-state index is 0.0961. The first-order valence-electron chi connectivity index (χ1n) is 13.7. The van der Waals surface area contributed by atoms with E-state index < -0.39 is 40.4 Å². The van der Waals surface area contributed by atoms with Crippen LogP contribution in [0, 0.1) is 11.8 Å². The van der Waals surface area contributed by atoms with E-state index in [1.54, 1.807) is 54.6 Å². The number of carbonyl (C=O) groups excluding carboxylic acids is 2. The van der Waals surface area contributed by atoms with Crippen LogP contribution in [0.5, 0.6) is 5.75 Å². The van der Waals surface area contributed by atoms with Crippen LogP contribution in [0.25, 0.3) is 0 Å². The van der Waals surface area contributed by atoms with Gasteiger partial charge in [-0.1, -0.05) is 96.8 Å². The van der Waals surface area contributed by atoms with Gasteiger partial charge in [-0.25, -0.2) is 8.42 Å². The molecule has 224 valence electrons. The van der Waals surface area contributed by atoms with Crippen LogP contribution in [0.1, 0.15) is 39.3 Å². The van der Waals surface area contributed by atoms with Crippen molar-refractivity contribution in [1.29, 1.82) is 0 Å². The van der Waals surface area contributed by atoms with Gasteiger partial charge in [-0.05, 0) is 40.5 Å². The topological polar surface area (TPSA) is 92.8 Å². The van der Waals surface area contributed by atoms with Crippen molar-refractivity contribution >= 4 is 21.8 Å². The molecule has 4 aromatic rings. The normalized spacial score (nSPS) is 14.4. The third-order valence-corrected chi connectivity index (χ3v) is 7.76. The smallest absolute Gasteiger partial charge is 0.387 e. The Kier molecular flexibility index (Phi) is 9.07. The second-order valence-electron chi connectivity index (χ2n) is 10.2. The Morgan fingerprint density at radius 3 is 1.98 bits per heavy atom. The first-order valence-corrected chi connectivity index (χ1v) is 15.6. The second-order valence-corrected chi connectivity index (χ2v) is 12.0. The van der Waals surface area contributed by atoms with Gasteiger partial charge in [0.15, 0.2) is 0 Å². The van der Waals surface area contributed by atoms with Crippen LogP contribution < -0.4 is 9.46 Å². The number of sulfonamides is 1. The highest BCUT2D eigenvalue weighted by atomic mass is 32.2. The molecule has 0 saturated carbocycles. The molecule has 1 N–H and O–H groups in total. The Morgan fingerprint density at radius 1 is 0.864 bits per heavy atom. The molecular weight excluding hydrogens is 586 g/mol. The van der Waals surface area contributed by atoms with Gasteiger partial charge in [0.05, 0.1) is 17.7 Å². The molecule has 0 spiro atoms. The number of fused-ring (bicyclic) bond motifs is 1. The predicted octanol–water partition coefficient (Wildman–Crippen LogP) is 4.85. The molecule has 4 aromatic carbocycles. The van der Waals surface area contributed by atoms with Crippen LogP contribution >= 0.6 is 0 Å². The number of hydrogen-bond acceptors (Lipinski definition) is 5. The van der Waals surface area contributed by atoms with Crippen LogP contribution in [-0.4, -0.2) is 44.0 Å². The van der Waals surface area contributed by atoms with Crippen molar-refractivity contribution in [2.45, 2.75) is 31.5 Å². The monoisotopic (exact) mass is 614 g/mol. The number of amides is 2. The zero-order valence-electron chi connectivity index (χ0n) is 23.6. The van der Waals surface area contributed by atoms with Gasteiger partial charge in [0.1, 0.15) is 11.8 Å². The Labute approximate surface area is 254 Å². The van der Waals surface area contributed by atoms with Crippen molar-refractivity contribution < 1.29 is 31.5 Å². The van der Waals surface area contributed by atoms with Gasteiger partial charge in [-0.15, -0.1) is 0 Å². The zero-order valence-corrected chi connectivity index (χ0v) is 24.4.